The van der Waals surface area contributed by atoms with Crippen LogP contribution in [0.15, 0.2) is 48.5 Å². The number of carbonyl (C=O) groups excluding carboxylic acids is 3. The van der Waals surface area contributed by atoms with Crippen LogP contribution in [-0.2, 0) is 21.5 Å². The number of imide groups is 1. The van der Waals surface area contributed by atoms with Gasteiger partial charge >= 0.3 is 6.03 Å². The third-order valence-corrected chi connectivity index (χ3v) is 5.17. The van der Waals surface area contributed by atoms with E-state index >= 15 is 0 Å². The van der Waals surface area contributed by atoms with Gasteiger partial charge in [-0.1, -0.05) is 24.3 Å². The van der Waals surface area contributed by atoms with Gasteiger partial charge in [-0.15, -0.1) is 0 Å². The molecule has 28 heavy (non-hydrogen) atoms. The number of aryl methyl sites for hydroxylation is 1. The Kier molecular flexibility index (Phi) is 4.50. The summed E-state index contributed by atoms with van der Waals surface area (Å²) in [6.07, 6.45) is 1.22. The molecule has 0 bridgehead atoms. The first kappa shape index (κ1) is 18.0. The molecule has 1 atom stereocenters. The normalized spacial score (nSPS) is 20.2. The van der Waals surface area contributed by atoms with Crippen molar-refractivity contribution in [2.24, 2.45) is 0 Å². The molecular weight excluding hydrogens is 358 g/mol. The van der Waals surface area contributed by atoms with Crippen molar-refractivity contribution in [3.63, 3.8) is 0 Å². The lowest BCUT2D eigenvalue weighted by molar-refractivity contribution is -0.134. The minimum atomic E-state index is -1.05. The van der Waals surface area contributed by atoms with Crippen molar-refractivity contribution in [3.8, 4) is 5.75 Å². The molecule has 7 nitrogen and oxygen atoms in total. The van der Waals surface area contributed by atoms with E-state index in [9.17, 15) is 14.4 Å². The first-order valence-electron chi connectivity index (χ1n) is 9.29. The van der Waals surface area contributed by atoms with E-state index in [4.69, 9.17) is 4.74 Å². The molecular formula is C21H21N3O4. The summed E-state index contributed by atoms with van der Waals surface area (Å²) >= 11 is 0. The van der Waals surface area contributed by atoms with Crippen LogP contribution >= 0.6 is 0 Å². The highest BCUT2D eigenvalue weighted by Crippen LogP contribution is 2.41. The Labute approximate surface area is 162 Å². The van der Waals surface area contributed by atoms with E-state index in [1.807, 2.05) is 31.2 Å². The van der Waals surface area contributed by atoms with Gasteiger partial charge in [0.05, 0.1) is 6.61 Å². The molecule has 7 heteroatoms. The number of nitrogens with zero attached hydrogens (tertiary/aromatic N) is 1. The SMILES string of the molecule is CCOc1ccc(NC(=O)CN2C(=O)N[C@]3(CCc4ccccc43)C2=O)cc1. The van der Waals surface area contributed by atoms with E-state index in [2.05, 4.69) is 10.6 Å². The molecule has 1 saturated heterocycles. The molecule has 2 aromatic rings. The maximum absolute atomic E-state index is 13.1. The number of carbonyl (C=O) groups is 3. The number of urea groups is 1. The molecule has 0 radical (unpaired) electrons. The number of amides is 4. The lowest BCUT2D eigenvalue weighted by Gasteiger charge is -2.22. The molecule has 2 aromatic carbocycles. The largest absolute Gasteiger partial charge is 0.494 e. The topological polar surface area (TPSA) is 87.7 Å². The fourth-order valence-corrected chi connectivity index (χ4v) is 3.88. The maximum atomic E-state index is 13.1. The smallest absolute Gasteiger partial charge is 0.325 e. The third kappa shape index (κ3) is 2.98. The monoisotopic (exact) mass is 379 g/mol. The molecule has 2 N–H and O–H groups in total. The fourth-order valence-electron chi connectivity index (χ4n) is 3.88. The average Bonchev–Trinajstić information content (AvgIpc) is 3.17. The van der Waals surface area contributed by atoms with E-state index in [1.165, 1.54) is 0 Å². The van der Waals surface area contributed by atoms with Crippen LogP contribution in [0.25, 0.3) is 0 Å². The molecule has 4 amide bonds. The summed E-state index contributed by atoms with van der Waals surface area (Å²) in [4.78, 5) is 38.9. The number of anilines is 1. The molecule has 1 aliphatic heterocycles. The van der Waals surface area contributed by atoms with Gasteiger partial charge in [-0.2, -0.15) is 0 Å². The van der Waals surface area contributed by atoms with Crippen molar-refractivity contribution in [2.75, 3.05) is 18.5 Å². The van der Waals surface area contributed by atoms with Crippen LogP contribution in [0.1, 0.15) is 24.5 Å². The van der Waals surface area contributed by atoms with Crippen molar-refractivity contribution in [1.29, 1.82) is 0 Å². The summed E-state index contributed by atoms with van der Waals surface area (Å²) in [6.45, 7) is 2.12. The van der Waals surface area contributed by atoms with Gasteiger partial charge in [0.15, 0.2) is 0 Å². The van der Waals surface area contributed by atoms with Crippen molar-refractivity contribution in [1.82, 2.24) is 10.2 Å². The maximum Gasteiger partial charge on any atom is 0.325 e. The van der Waals surface area contributed by atoms with Crippen molar-refractivity contribution in [3.05, 3.63) is 59.7 Å². The molecule has 4 rings (SSSR count). The van der Waals surface area contributed by atoms with Gasteiger partial charge in [-0.3, -0.25) is 14.5 Å². The molecule has 0 unspecified atom stereocenters. The van der Waals surface area contributed by atoms with Crippen molar-refractivity contribution < 1.29 is 19.1 Å². The quantitative estimate of drug-likeness (QED) is 0.781. The zero-order valence-corrected chi connectivity index (χ0v) is 15.5. The lowest BCUT2D eigenvalue weighted by Crippen LogP contribution is -2.42. The summed E-state index contributed by atoms with van der Waals surface area (Å²) in [6, 6.07) is 14.0. The molecule has 1 spiro atoms. The highest BCUT2D eigenvalue weighted by Gasteiger charge is 2.55. The molecule has 1 heterocycles. The zero-order valence-electron chi connectivity index (χ0n) is 15.5. The van der Waals surface area contributed by atoms with Crippen molar-refractivity contribution >= 4 is 23.5 Å². The number of hydrogen-bond donors (Lipinski definition) is 2. The van der Waals surface area contributed by atoms with Crippen molar-refractivity contribution in [2.45, 2.75) is 25.3 Å². The van der Waals surface area contributed by atoms with Crippen LogP contribution in [0.4, 0.5) is 10.5 Å². The van der Waals surface area contributed by atoms with Crippen LogP contribution in [0.5, 0.6) is 5.75 Å². The highest BCUT2D eigenvalue weighted by molar-refractivity contribution is 6.10. The van der Waals surface area contributed by atoms with E-state index in [1.54, 1.807) is 24.3 Å². The third-order valence-electron chi connectivity index (χ3n) is 5.17. The summed E-state index contributed by atoms with van der Waals surface area (Å²) in [5.41, 5.74) is 1.40. The Bertz CT molecular complexity index is 941. The molecule has 1 fully saturated rings. The number of hydrogen-bond acceptors (Lipinski definition) is 4. The van der Waals surface area contributed by atoms with Gasteiger partial charge < -0.3 is 15.4 Å². The number of benzene rings is 2. The van der Waals surface area contributed by atoms with Gasteiger partial charge in [-0.05, 0) is 55.2 Å². The minimum Gasteiger partial charge on any atom is -0.494 e. The molecule has 2 aliphatic rings. The van der Waals surface area contributed by atoms with E-state index in [-0.39, 0.29) is 12.5 Å². The predicted octanol–water partition coefficient (Wildman–Crippen LogP) is 2.42. The van der Waals surface area contributed by atoms with Gasteiger partial charge in [0.1, 0.15) is 17.8 Å². The first-order valence-corrected chi connectivity index (χ1v) is 9.29. The van der Waals surface area contributed by atoms with E-state index in [0.717, 1.165) is 16.0 Å². The van der Waals surface area contributed by atoms with Gasteiger partial charge in [0.2, 0.25) is 5.91 Å². The number of rotatable bonds is 5. The second-order valence-corrected chi connectivity index (χ2v) is 6.89. The summed E-state index contributed by atoms with van der Waals surface area (Å²) in [5.74, 6) is -0.100. The van der Waals surface area contributed by atoms with Gasteiger partial charge in [0, 0.05) is 5.69 Å². The Balaban J connectivity index is 1.46. The number of fused-ring (bicyclic) bond motifs is 2. The van der Waals surface area contributed by atoms with Gasteiger partial charge in [-0.25, -0.2) is 4.79 Å². The van der Waals surface area contributed by atoms with Crippen LogP contribution in [-0.4, -0.2) is 35.9 Å². The van der Waals surface area contributed by atoms with Crippen LogP contribution in [0.3, 0.4) is 0 Å². The number of ether oxygens (including phenoxy) is 1. The highest BCUT2D eigenvalue weighted by atomic mass is 16.5. The summed E-state index contributed by atoms with van der Waals surface area (Å²) in [5, 5.41) is 5.53. The molecule has 0 saturated carbocycles. The first-order chi connectivity index (χ1) is 13.5. The Hall–Kier alpha value is -3.35. The summed E-state index contributed by atoms with van der Waals surface area (Å²) < 4.78 is 5.37. The Morgan fingerprint density at radius 1 is 1.18 bits per heavy atom. The lowest BCUT2D eigenvalue weighted by atomic mass is 9.92. The fraction of sp³-hybridized carbons (Fsp3) is 0.286. The predicted molar refractivity (Wildman–Crippen MR) is 103 cm³/mol. The minimum absolute atomic E-state index is 0.332. The standard InChI is InChI=1S/C21H21N3O4/c1-2-28-16-9-7-15(8-10-16)22-18(25)13-24-19(26)21(23-20(24)27)12-11-14-5-3-4-6-17(14)21/h3-10H,2,11-13H2,1H3,(H,22,25)(H,23,27)/t21-/m0/s1. The summed E-state index contributed by atoms with van der Waals surface area (Å²) in [7, 11) is 0. The average molecular weight is 379 g/mol. The van der Waals surface area contributed by atoms with E-state index in [0.29, 0.717) is 30.9 Å². The van der Waals surface area contributed by atoms with Crippen LogP contribution < -0.4 is 15.4 Å². The zero-order chi connectivity index (χ0) is 19.7. The van der Waals surface area contributed by atoms with E-state index < -0.39 is 17.5 Å². The second-order valence-electron chi connectivity index (χ2n) is 6.89. The Morgan fingerprint density at radius 3 is 2.68 bits per heavy atom. The molecule has 0 aromatic heterocycles. The molecule has 1 aliphatic carbocycles. The second kappa shape index (κ2) is 6.99. The molecule has 144 valence electrons. The number of nitrogens with one attached hydrogen (secondary N) is 2. The Morgan fingerprint density at radius 2 is 1.93 bits per heavy atom. The van der Waals surface area contributed by atoms with Crippen LogP contribution in [0.2, 0.25) is 0 Å². The van der Waals surface area contributed by atoms with Crippen LogP contribution in [0, 0.1) is 0 Å². The van der Waals surface area contributed by atoms with Gasteiger partial charge in [0.25, 0.3) is 5.91 Å².